The van der Waals surface area contributed by atoms with Crippen molar-refractivity contribution < 1.29 is 14.5 Å². The molecule has 0 amide bonds. The molecule has 4 fully saturated rings. The predicted molar refractivity (Wildman–Crippen MR) is 66.5 cm³/mol. The van der Waals surface area contributed by atoms with E-state index in [4.69, 9.17) is 14.5 Å². The molecule has 3 saturated carbocycles. The lowest BCUT2D eigenvalue weighted by atomic mass is 9.67. The average Bonchev–Trinajstić information content (AvgIpc) is 2.70. The summed E-state index contributed by atoms with van der Waals surface area (Å²) >= 11 is 0. The van der Waals surface area contributed by atoms with Gasteiger partial charge in [0.15, 0.2) is 0 Å². The molecule has 0 unspecified atom stereocenters. The number of rotatable bonds is 0. The Hall–Kier alpha value is -0.120. The van der Waals surface area contributed by atoms with Gasteiger partial charge in [0.05, 0.1) is 0 Å². The van der Waals surface area contributed by atoms with Gasteiger partial charge in [0, 0.05) is 24.7 Å². The second kappa shape index (κ2) is 4.19. The molecule has 4 rings (SSSR count). The van der Waals surface area contributed by atoms with Crippen molar-refractivity contribution in [3.63, 3.8) is 0 Å². The van der Waals surface area contributed by atoms with E-state index in [2.05, 4.69) is 0 Å². The zero-order valence-corrected chi connectivity index (χ0v) is 11.2. The molecule has 3 aliphatic carbocycles. The van der Waals surface area contributed by atoms with Crippen molar-refractivity contribution in [2.45, 2.75) is 82.2 Å². The van der Waals surface area contributed by atoms with Gasteiger partial charge in [-0.3, -0.25) is 0 Å². The Labute approximate surface area is 109 Å². The van der Waals surface area contributed by atoms with Crippen LogP contribution >= 0.6 is 0 Å². The molecule has 1 saturated heterocycles. The molecule has 18 heavy (non-hydrogen) atoms. The largest absolute Gasteiger partial charge is 0.312 e. The Balaban J connectivity index is 1.60. The minimum atomic E-state index is -0.385. The van der Waals surface area contributed by atoms with Crippen molar-refractivity contribution in [2.24, 2.45) is 11.8 Å². The van der Waals surface area contributed by atoms with Gasteiger partial charge in [-0.15, -0.1) is 0 Å². The topological polar surface area (TPSA) is 27.7 Å². The normalized spacial score (nSPS) is 46.7. The summed E-state index contributed by atoms with van der Waals surface area (Å²) in [7, 11) is 0. The van der Waals surface area contributed by atoms with Crippen LogP contribution in [0.3, 0.4) is 0 Å². The molecule has 0 aromatic heterocycles. The van der Waals surface area contributed by atoms with Crippen molar-refractivity contribution in [3.05, 3.63) is 0 Å². The molecule has 0 radical (unpaired) electrons. The highest BCUT2D eigenvalue weighted by molar-refractivity contribution is 4.97. The third kappa shape index (κ3) is 1.60. The van der Waals surface area contributed by atoms with E-state index in [1.807, 2.05) is 0 Å². The fourth-order valence-electron chi connectivity index (χ4n) is 4.69. The first-order valence-electron chi connectivity index (χ1n) is 7.90. The predicted octanol–water partition coefficient (Wildman–Crippen LogP) is 3.92. The Morgan fingerprint density at radius 3 is 1.89 bits per heavy atom. The van der Waals surface area contributed by atoms with Crippen molar-refractivity contribution in [1.29, 1.82) is 0 Å². The first-order valence-corrected chi connectivity index (χ1v) is 7.90. The molecule has 3 nitrogen and oxygen atoms in total. The molecular formula is C15H24O3. The Morgan fingerprint density at radius 1 is 0.667 bits per heavy atom. The molecule has 4 aliphatic rings. The molecule has 3 heteroatoms. The highest BCUT2D eigenvalue weighted by Crippen LogP contribution is 2.57. The summed E-state index contributed by atoms with van der Waals surface area (Å²) in [4.78, 5) is 11.7. The summed E-state index contributed by atoms with van der Waals surface area (Å²) in [6, 6.07) is 0. The molecule has 1 heterocycles. The van der Waals surface area contributed by atoms with Crippen molar-refractivity contribution >= 4 is 0 Å². The van der Waals surface area contributed by atoms with E-state index >= 15 is 0 Å². The molecule has 0 aromatic rings. The maximum atomic E-state index is 6.54. The number of hydrogen-bond donors (Lipinski definition) is 0. The molecule has 1 aliphatic heterocycles. The second-order valence-electron chi connectivity index (χ2n) is 6.72. The summed E-state index contributed by atoms with van der Waals surface area (Å²) < 4.78 is 6.54. The minimum Gasteiger partial charge on any atom is -0.312 e. The fraction of sp³-hybridized carbons (Fsp3) is 1.00. The lowest BCUT2D eigenvalue weighted by molar-refractivity contribution is -0.381. The third-order valence-corrected chi connectivity index (χ3v) is 5.63. The molecule has 0 atom stereocenters. The molecular weight excluding hydrogens is 228 g/mol. The molecule has 0 N–H and O–H groups in total. The van der Waals surface area contributed by atoms with Gasteiger partial charge in [0.25, 0.3) is 0 Å². The van der Waals surface area contributed by atoms with E-state index < -0.39 is 0 Å². The van der Waals surface area contributed by atoms with Crippen LogP contribution in [-0.2, 0) is 14.5 Å². The van der Waals surface area contributed by atoms with Crippen LogP contribution in [0, 0.1) is 11.8 Å². The molecule has 2 bridgehead atoms. The average molecular weight is 252 g/mol. The van der Waals surface area contributed by atoms with Crippen LogP contribution in [0.2, 0.25) is 0 Å². The summed E-state index contributed by atoms with van der Waals surface area (Å²) in [6.45, 7) is 0. The van der Waals surface area contributed by atoms with Crippen LogP contribution in [0.4, 0.5) is 0 Å². The van der Waals surface area contributed by atoms with Gasteiger partial charge < -0.3 is 4.74 Å². The summed E-state index contributed by atoms with van der Waals surface area (Å²) in [5.41, 5.74) is 0. The van der Waals surface area contributed by atoms with Crippen LogP contribution in [0.15, 0.2) is 0 Å². The van der Waals surface area contributed by atoms with Gasteiger partial charge in [-0.05, 0) is 38.5 Å². The van der Waals surface area contributed by atoms with Gasteiger partial charge in [0.1, 0.15) is 0 Å². The van der Waals surface area contributed by atoms with Crippen molar-refractivity contribution in [1.82, 2.24) is 0 Å². The van der Waals surface area contributed by atoms with E-state index in [9.17, 15) is 0 Å². The first-order chi connectivity index (χ1) is 8.83. The van der Waals surface area contributed by atoms with Crippen LogP contribution in [0.25, 0.3) is 0 Å². The standard InChI is InChI=1S/C15H24O3/c1-2-10-14(11-3-1)16-15(18-17-14)12-6-4-7-13(15)9-5-8-12/h12-13H,1-11H2. The Bertz CT molecular complexity index is 300. The second-order valence-corrected chi connectivity index (χ2v) is 6.72. The highest BCUT2D eigenvalue weighted by Gasteiger charge is 2.62. The van der Waals surface area contributed by atoms with Gasteiger partial charge in [-0.2, -0.15) is 9.78 Å². The SMILES string of the molecule is C1CCC2(CC1)OOC1(O2)C2CCCC1CCC2. The van der Waals surface area contributed by atoms with Crippen LogP contribution < -0.4 is 0 Å². The van der Waals surface area contributed by atoms with Crippen LogP contribution in [-0.4, -0.2) is 11.6 Å². The van der Waals surface area contributed by atoms with Crippen LogP contribution in [0.1, 0.15) is 70.6 Å². The Morgan fingerprint density at radius 2 is 1.28 bits per heavy atom. The summed E-state index contributed by atoms with van der Waals surface area (Å²) in [6.07, 6.45) is 13.5. The zero-order chi connectivity index (χ0) is 12.1. The summed E-state index contributed by atoms with van der Waals surface area (Å²) in [5, 5.41) is 0. The molecule has 0 aromatic carbocycles. The zero-order valence-electron chi connectivity index (χ0n) is 11.2. The van der Waals surface area contributed by atoms with E-state index in [0.29, 0.717) is 11.8 Å². The quantitative estimate of drug-likeness (QED) is 0.611. The Kier molecular flexibility index (Phi) is 2.72. The van der Waals surface area contributed by atoms with Gasteiger partial charge in [-0.25, -0.2) is 0 Å². The fourth-order valence-corrected chi connectivity index (χ4v) is 4.69. The van der Waals surface area contributed by atoms with Gasteiger partial charge >= 0.3 is 0 Å². The van der Waals surface area contributed by atoms with Crippen LogP contribution in [0.5, 0.6) is 0 Å². The lowest BCUT2D eigenvalue weighted by Crippen LogP contribution is -2.53. The van der Waals surface area contributed by atoms with Crippen molar-refractivity contribution in [2.75, 3.05) is 0 Å². The van der Waals surface area contributed by atoms with Crippen molar-refractivity contribution in [3.8, 4) is 0 Å². The van der Waals surface area contributed by atoms with E-state index in [1.54, 1.807) is 0 Å². The number of ether oxygens (including phenoxy) is 1. The maximum Gasteiger partial charge on any atom is 0.210 e. The monoisotopic (exact) mass is 252 g/mol. The van der Waals surface area contributed by atoms with Gasteiger partial charge in [0.2, 0.25) is 11.6 Å². The molecule has 2 spiro atoms. The first kappa shape index (κ1) is 11.7. The lowest BCUT2D eigenvalue weighted by Gasteiger charge is -2.48. The summed E-state index contributed by atoms with van der Waals surface area (Å²) in [5.74, 6) is 0.398. The minimum absolute atomic E-state index is 0.367. The maximum absolute atomic E-state index is 6.54. The number of hydrogen-bond acceptors (Lipinski definition) is 3. The van der Waals surface area contributed by atoms with E-state index in [-0.39, 0.29) is 11.6 Å². The van der Waals surface area contributed by atoms with E-state index in [1.165, 1.54) is 57.8 Å². The smallest absolute Gasteiger partial charge is 0.210 e. The third-order valence-electron chi connectivity index (χ3n) is 5.63. The highest BCUT2D eigenvalue weighted by atomic mass is 17.3. The van der Waals surface area contributed by atoms with E-state index in [0.717, 1.165) is 12.8 Å². The van der Waals surface area contributed by atoms with Gasteiger partial charge in [-0.1, -0.05) is 19.3 Å². The molecule has 102 valence electrons.